The van der Waals surface area contributed by atoms with Crippen LogP contribution in [0, 0.1) is 18.3 Å². The van der Waals surface area contributed by atoms with Gasteiger partial charge in [0.15, 0.2) is 6.23 Å². The van der Waals surface area contributed by atoms with E-state index in [1.54, 1.807) is 22.6 Å². The van der Waals surface area contributed by atoms with Gasteiger partial charge in [-0.1, -0.05) is 35.4 Å². The average Bonchev–Trinajstić information content (AvgIpc) is 2.62. The number of nitrogens with one attached hydrogen (secondary N) is 1. The van der Waals surface area contributed by atoms with Crippen LogP contribution in [0.4, 0.5) is 8.78 Å². The van der Waals surface area contributed by atoms with Crippen molar-refractivity contribution in [1.29, 1.82) is 0 Å². The highest BCUT2D eigenvalue weighted by molar-refractivity contribution is 14.1. The number of terminal acetylenes is 1. The van der Waals surface area contributed by atoms with Crippen molar-refractivity contribution in [2.24, 2.45) is 5.92 Å². The lowest BCUT2D eigenvalue weighted by atomic mass is 9.88. The van der Waals surface area contributed by atoms with Gasteiger partial charge in [-0.05, 0) is 0 Å². The van der Waals surface area contributed by atoms with Gasteiger partial charge in [0.05, 0.1) is 10.3 Å². The summed E-state index contributed by atoms with van der Waals surface area (Å²) in [6, 6.07) is 1.01. The average molecular weight is 396 g/mol. The molecule has 2 heterocycles. The highest BCUT2D eigenvalue weighted by atomic mass is 127. The molecule has 0 bridgehead atoms. The fraction of sp³-hybridized carbons (Fsp3) is 0.500. The lowest BCUT2D eigenvalue weighted by Gasteiger charge is -2.24. The van der Waals surface area contributed by atoms with E-state index in [-0.39, 0.29) is 4.43 Å². The van der Waals surface area contributed by atoms with Gasteiger partial charge in [0.25, 0.3) is 5.56 Å². The fourth-order valence-electron chi connectivity index (χ4n) is 2.12. The first kappa shape index (κ1) is 15.2. The van der Waals surface area contributed by atoms with E-state index in [1.807, 2.05) is 10.9 Å². The smallest absolute Gasteiger partial charge is 0.316 e. The first-order valence-corrected chi connectivity index (χ1v) is 7.22. The molecule has 1 saturated heterocycles. The Balaban J connectivity index is 2.59. The highest BCUT2D eigenvalue weighted by Crippen LogP contribution is 2.51. The topological polar surface area (TPSA) is 64.1 Å². The molecule has 1 aliphatic heterocycles. The third-order valence-electron chi connectivity index (χ3n) is 3.45. The zero-order valence-electron chi connectivity index (χ0n) is 10.4. The largest absolute Gasteiger partial charge is 0.330 e. The summed E-state index contributed by atoms with van der Waals surface area (Å²) in [7, 11) is 0. The van der Waals surface area contributed by atoms with E-state index in [0.29, 0.717) is 0 Å². The van der Waals surface area contributed by atoms with Crippen LogP contribution in [0.2, 0.25) is 0 Å². The Morgan fingerprint density at radius 1 is 1.60 bits per heavy atom. The molecule has 0 unspecified atom stereocenters. The summed E-state index contributed by atoms with van der Waals surface area (Å²) < 4.78 is 35.1. The minimum absolute atomic E-state index is 0.145. The molecule has 4 atom stereocenters. The van der Waals surface area contributed by atoms with Crippen molar-refractivity contribution < 1.29 is 13.5 Å². The molecule has 1 aromatic rings. The molecule has 1 N–H and O–H groups in total. The number of hydrogen-bond donors (Lipinski definition) is 1. The van der Waals surface area contributed by atoms with E-state index < -0.39 is 34.9 Å². The van der Waals surface area contributed by atoms with E-state index in [4.69, 9.17) is 11.2 Å². The number of ether oxygens (including phenoxy) is 1. The minimum atomic E-state index is -2.50. The lowest BCUT2D eigenvalue weighted by Crippen LogP contribution is -2.42. The van der Waals surface area contributed by atoms with Crippen molar-refractivity contribution in [2.75, 3.05) is 4.43 Å². The summed E-state index contributed by atoms with van der Waals surface area (Å²) >= 11 is 1.72. The molecule has 0 amide bonds. The van der Waals surface area contributed by atoms with Crippen molar-refractivity contribution >= 4 is 22.6 Å². The molecule has 0 aromatic carbocycles. The van der Waals surface area contributed by atoms with Crippen LogP contribution >= 0.6 is 22.6 Å². The van der Waals surface area contributed by atoms with Gasteiger partial charge in [0.1, 0.15) is 0 Å². The number of halogens is 3. The molecule has 0 spiro atoms. The third-order valence-corrected chi connectivity index (χ3v) is 4.49. The van der Waals surface area contributed by atoms with Crippen molar-refractivity contribution in [3.05, 3.63) is 33.1 Å². The maximum Gasteiger partial charge on any atom is 0.330 e. The Labute approximate surface area is 126 Å². The number of nitrogens with zero attached hydrogens (tertiary/aromatic N) is 1. The van der Waals surface area contributed by atoms with Gasteiger partial charge >= 0.3 is 5.69 Å². The molecular weight excluding hydrogens is 385 g/mol. The van der Waals surface area contributed by atoms with Crippen molar-refractivity contribution in [1.82, 2.24) is 9.55 Å². The van der Waals surface area contributed by atoms with Gasteiger partial charge in [-0.15, -0.1) is 6.42 Å². The number of hydrogen-bond acceptors (Lipinski definition) is 3. The normalized spacial score (nSPS) is 36.8. The van der Waals surface area contributed by atoms with E-state index in [0.717, 1.165) is 16.8 Å². The summed E-state index contributed by atoms with van der Waals surface area (Å²) in [5.41, 5.74) is -4.06. The second-order valence-electron chi connectivity index (χ2n) is 4.54. The number of alkyl halides is 3. The molecule has 108 valence electrons. The van der Waals surface area contributed by atoms with Crippen LogP contribution < -0.4 is 11.2 Å². The van der Waals surface area contributed by atoms with Gasteiger partial charge in [0.2, 0.25) is 11.5 Å². The SMILES string of the molecule is C#C[C@]1(F)[C@H](n2ccc(=O)[nH]c2=O)O[C@](F)(CI)[C@H]1C. The van der Waals surface area contributed by atoms with Gasteiger partial charge in [-0.3, -0.25) is 14.3 Å². The molecule has 20 heavy (non-hydrogen) atoms. The minimum Gasteiger partial charge on any atom is -0.316 e. The Hall–Kier alpha value is -1.21. The molecule has 0 radical (unpaired) electrons. The predicted molar refractivity (Wildman–Crippen MR) is 76.0 cm³/mol. The summed E-state index contributed by atoms with van der Waals surface area (Å²) in [6.45, 7) is 1.29. The number of aromatic amines is 1. The molecular formula is C12H11F2IN2O3. The maximum atomic E-state index is 14.9. The van der Waals surface area contributed by atoms with Crippen LogP contribution in [0.15, 0.2) is 21.9 Å². The summed E-state index contributed by atoms with van der Waals surface area (Å²) in [6.07, 6.45) is 4.58. The van der Waals surface area contributed by atoms with Crippen LogP contribution in [0.1, 0.15) is 13.2 Å². The monoisotopic (exact) mass is 396 g/mol. The van der Waals surface area contributed by atoms with Gasteiger partial charge < -0.3 is 4.74 Å². The number of H-pyrrole nitrogens is 1. The van der Waals surface area contributed by atoms with Crippen molar-refractivity contribution in [2.45, 2.75) is 24.7 Å². The zero-order valence-corrected chi connectivity index (χ0v) is 12.6. The standard InChI is InChI=1S/C12H11F2IN2O3/c1-3-11(13)7(2)12(14,6-15)20-9(11)17-5-4-8(18)16-10(17)19/h1,4-5,7,9H,6H2,2H3,(H,16,18,19)/t7-,9+,11+,12+/m0/s1. The Bertz CT molecular complexity index is 682. The summed E-state index contributed by atoms with van der Waals surface area (Å²) in [5, 5.41) is 0. The quantitative estimate of drug-likeness (QED) is 0.464. The Kier molecular flexibility index (Phi) is 3.77. The molecule has 1 aromatic heterocycles. The third kappa shape index (κ3) is 2.09. The van der Waals surface area contributed by atoms with Crippen LogP contribution in [0.25, 0.3) is 0 Å². The van der Waals surface area contributed by atoms with E-state index in [9.17, 15) is 18.4 Å². The van der Waals surface area contributed by atoms with Crippen LogP contribution in [-0.2, 0) is 4.74 Å². The van der Waals surface area contributed by atoms with E-state index in [2.05, 4.69) is 0 Å². The molecule has 0 saturated carbocycles. The molecule has 8 heteroatoms. The van der Waals surface area contributed by atoms with Gasteiger partial charge in [-0.2, -0.15) is 0 Å². The second kappa shape index (κ2) is 4.96. The Morgan fingerprint density at radius 3 is 2.75 bits per heavy atom. The predicted octanol–water partition coefficient (Wildman–Crippen LogP) is 1.14. The first-order valence-electron chi connectivity index (χ1n) is 5.69. The highest BCUT2D eigenvalue weighted by Gasteiger charge is 2.64. The molecule has 2 rings (SSSR count). The van der Waals surface area contributed by atoms with Crippen molar-refractivity contribution in [3.63, 3.8) is 0 Å². The lowest BCUT2D eigenvalue weighted by molar-refractivity contribution is -0.154. The summed E-state index contributed by atoms with van der Waals surface area (Å²) in [4.78, 5) is 24.7. The van der Waals surface area contributed by atoms with Gasteiger partial charge in [-0.25, -0.2) is 13.6 Å². The van der Waals surface area contributed by atoms with Crippen LogP contribution in [0.3, 0.4) is 0 Å². The molecule has 0 aliphatic carbocycles. The van der Waals surface area contributed by atoms with E-state index in [1.165, 1.54) is 6.92 Å². The van der Waals surface area contributed by atoms with Crippen molar-refractivity contribution in [3.8, 4) is 12.3 Å². The van der Waals surface area contributed by atoms with E-state index >= 15 is 0 Å². The van der Waals surface area contributed by atoms with Crippen LogP contribution in [-0.4, -0.2) is 25.5 Å². The number of aromatic nitrogens is 2. The molecule has 1 fully saturated rings. The fourth-order valence-corrected chi connectivity index (χ4v) is 2.96. The number of rotatable bonds is 2. The molecule has 1 aliphatic rings. The maximum absolute atomic E-state index is 14.9. The summed E-state index contributed by atoms with van der Waals surface area (Å²) in [5.74, 6) is -1.67. The first-order chi connectivity index (χ1) is 9.28. The van der Waals surface area contributed by atoms with Gasteiger partial charge in [0, 0.05) is 12.3 Å². The molecule has 5 nitrogen and oxygen atoms in total. The second-order valence-corrected chi connectivity index (χ2v) is 5.30. The zero-order chi connectivity index (χ0) is 15.1. The Morgan fingerprint density at radius 2 is 2.25 bits per heavy atom. The van der Waals surface area contributed by atoms with Crippen LogP contribution in [0.5, 0.6) is 0 Å².